The van der Waals surface area contributed by atoms with Gasteiger partial charge in [0.1, 0.15) is 0 Å². The highest BCUT2D eigenvalue weighted by molar-refractivity contribution is 14.1. The van der Waals surface area contributed by atoms with Crippen LogP contribution in [-0.2, 0) is 6.54 Å². The Kier molecular flexibility index (Phi) is 4.47. The molecule has 0 heterocycles. The summed E-state index contributed by atoms with van der Waals surface area (Å²) in [6.45, 7) is 3.99. The zero-order valence-electron chi connectivity index (χ0n) is 10.4. The largest absolute Gasteiger partial charge is 0.397 e. The number of hydrogen-bond acceptors (Lipinski definition) is 2. The molecule has 0 amide bonds. The minimum Gasteiger partial charge on any atom is -0.397 e. The standard InChI is InChI=1S/C15H17IN2/c1-2-18(15-6-4-3-5-14(15)17)11-12-7-9-13(16)10-8-12/h3-10H,2,11,17H2,1H3. The molecule has 0 saturated heterocycles. The van der Waals surface area contributed by atoms with Gasteiger partial charge in [0, 0.05) is 16.7 Å². The summed E-state index contributed by atoms with van der Waals surface area (Å²) in [5, 5.41) is 0. The highest BCUT2D eigenvalue weighted by atomic mass is 127. The molecule has 0 radical (unpaired) electrons. The molecule has 3 heteroatoms. The van der Waals surface area contributed by atoms with Gasteiger partial charge in [0.15, 0.2) is 0 Å². The molecule has 0 bridgehead atoms. The van der Waals surface area contributed by atoms with E-state index < -0.39 is 0 Å². The van der Waals surface area contributed by atoms with Gasteiger partial charge < -0.3 is 10.6 Å². The van der Waals surface area contributed by atoms with Crippen LogP contribution in [0.3, 0.4) is 0 Å². The molecule has 2 aromatic carbocycles. The van der Waals surface area contributed by atoms with Crippen molar-refractivity contribution in [2.75, 3.05) is 17.2 Å². The predicted molar refractivity (Wildman–Crippen MR) is 86.7 cm³/mol. The highest BCUT2D eigenvalue weighted by Gasteiger charge is 2.07. The third kappa shape index (κ3) is 3.16. The van der Waals surface area contributed by atoms with Crippen LogP contribution in [0.15, 0.2) is 48.5 Å². The Balaban J connectivity index is 2.20. The van der Waals surface area contributed by atoms with Crippen LogP contribution in [0, 0.1) is 3.57 Å². The first-order valence-corrected chi connectivity index (χ1v) is 7.12. The van der Waals surface area contributed by atoms with Gasteiger partial charge in [-0.2, -0.15) is 0 Å². The molecular formula is C15H17IN2. The number of hydrogen-bond donors (Lipinski definition) is 1. The molecular weight excluding hydrogens is 335 g/mol. The molecule has 2 rings (SSSR count). The Bertz CT molecular complexity index is 508. The van der Waals surface area contributed by atoms with Gasteiger partial charge in [0.2, 0.25) is 0 Å². The Morgan fingerprint density at radius 2 is 1.72 bits per heavy atom. The van der Waals surface area contributed by atoms with Gasteiger partial charge in [-0.1, -0.05) is 24.3 Å². The second-order valence-electron chi connectivity index (χ2n) is 4.20. The predicted octanol–water partition coefficient (Wildman–Crippen LogP) is 3.90. The molecule has 0 fully saturated rings. The maximum Gasteiger partial charge on any atom is 0.0602 e. The summed E-state index contributed by atoms with van der Waals surface area (Å²) in [6, 6.07) is 16.6. The van der Waals surface area contributed by atoms with Crippen LogP contribution < -0.4 is 10.6 Å². The lowest BCUT2D eigenvalue weighted by atomic mass is 10.2. The average Bonchev–Trinajstić information content (AvgIpc) is 2.39. The van der Waals surface area contributed by atoms with Crippen molar-refractivity contribution in [2.45, 2.75) is 13.5 Å². The second kappa shape index (κ2) is 6.09. The van der Waals surface area contributed by atoms with Crippen LogP contribution in [0.2, 0.25) is 0 Å². The van der Waals surface area contributed by atoms with E-state index >= 15 is 0 Å². The van der Waals surface area contributed by atoms with Crippen LogP contribution >= 0.6 is 22.6 Å². The van der Waals surface area contributed by atoms with E-state index in [0.717, 1.165) is 24.5 Å². The van der Waals surface area contributed by atoms with E-state index in [4.69, 9.17) is 5.73 Å². The number of rotatable bonds is 4. The molecule has 0 aliphatic carbocycles. The van der Waals surface area contributed by atoms with Crippen LogP contribution in [-0.4, -0.2) is 6.54 Å². The summed E-state index contributed by atoms with van der Waals surface area (Å²) in [7, 11) is 0. The fourth-order valence-corrected chi connectivity index (χ4v) is 2.31. The van der Waals surface area contributed by atoms with Gasteiger partial charge in [-0.15, -0.1) is 0 Å². The van der Waals surface area contributed by atoms with Crippen molar-refractivity contribution in [3.05, 3.63) is 57.7 Å². The molecule has 0 aliphatic heterocycles. The van der Waals surface area contributed by atoms with E-state index in [9.17, 15) is 0 Å². The van der Waals surface area contributed by atoms with Crippen molar-refractivity contribution >= 4 is 34.0 Å². The lowest BCUT2D eigenvalue weighted by Crippen LogP contribution is -2.22. The molecule has 2 aromatic rings. The molecule has 0 spiro atoms. The van der Waals surface area contributed by atoms with E-state index in [1.807, 2.05) is 18.2 Å². The van der Waals surface area contributed by atoms with Crippen molar-refractivity contribution in [2.24, 2.45) is 0 Å². The van der Waals surface area contributed by atoms with Gasteiger partial charge in [0.05, 0.1) is 11.4 Å². The van der Waals surface area contributed by atoms with Crippen molar-refractivity contribution in [3.63, 3.8) is 0 Å². The van der Waals surface area contributed by atoms with Crippen molar-refractivity contribution in [1.29, 1.82) is 0 Å². The summed E-state index contributed by atoms with van der Waals surface area (Å²) in [5.41, 5.74) is 9.29. The van der Waals surface area contributed by atoms with E-state index in [1.54, 1.807) is 0 Å². The summed E-state index contributed by atoms with van der Waals surface area (Å²) in [5.74, 6) is 0. The molecule has 2 nitrogen and oxygen atoms in total. The smallest absolute Gasteiger partial charge is 0.0602 e. The number of nitrogens with zero attached hydrogens (tertiary/aromatic N) is 1. The van der Waals surface area contributed by atoms with Crippen LogP contribution in [0.25, 0.3) is 0 Å². The van der Waals surface area contributed by atoms with Gasteiger partial charge in [-0.25, -0.2) is 0 Å². The number of nitrogens with two attached hydrogens (primary N) is 1. The van der Waals surface area contributed by atoms with E-state index in [1.165, 1.54) is 9.13 Å². The Labute approximate surface area is 122 Å². The third-order valence-corrected chi connectivity index (χ3v) is 3.67. The second-order valence-corrected chi connectivity index (χ2v) is 5.45. The monoisotopic (exact) mass is 352 g/mol. The number of para-hydroxylation sites is 2. The lowest BCUT2D eigenvalue weighted by Gasteiger charge is -2.24. The molecule has 94 valence electrons. The summed E-state index contributed by atoms with van der Waals surface area (Å²) in [4.78, 5) is 2.29. The van der Waals surface area contributed by atoms with Crippen molar-refractivity contribution < 1.29 is 0 Å². The molecule has 2 N–H and O–H groups in total. The molecule has 0 aromatic heterocycles. The number of nitrogen functional groups attached to an aromatic ring is 1. The molecule has 0 aliphatic rings. The van der Waals surface area contributed by atoms with Crippen LogP contribution in [0.5, 0.6) is 0 Å². The van der Waals surface area contributed by atoms with Crippen molar-refractivity contribution in [1.82, 2.24) is 0 Å². The summed E-state index contributed by atoms with van der Waals surface area (Å²) < 4.78 is 1.26. The molecule has 18 heavy (non-hydrogen) atoms. The summed E-state index contributed by atoms with van der Waals surface area (Å²) in [6.07, 6.45) is 0. The molecule has 0 saturated carbocycles. The first-order chi connectivity index (χ1) is 8.70. The van der Waals surface area contributed by atoms with Gasteiger partial charge in [-0.3, -0.25) is 0 Å². The van der Waals surface area contributed by atoms with Gasteiger partial charge in [-0.05, 0) is 59.3 Å². The fraction of sp³-hybridized carbons (Fsp3) is 0.200. The zero-order chi connectivity index (χ0) is 13.0. The first-order valence-electron chi connectivity index (χ1n) is 6.04. The zero-order valence-corrected chi connectivity index (χ0v) is 12.6. The van der Waals surface area contributed by atoms with E-state index in [2.05, 4.69) is 64.7 Å². The Morgan fingerprint density at radius 1 is 1.06 bits per heavy atom. The average molecular weight is 352 g/mol. The normalized spacial score (nSPS) is 10.3. The minimum absolute atomic E-state index is 0.838. The Morgan fingerprint density at radius 3 is 2.33 bits per heavy atom. The SMILES string of the molecule is CCN(Cc1ccc(I)cc1)c1ccccc1N. The highest BCUT2D eigenvalue weighted by Crippen LogP contribution is 2.24. The number of benzene rings is 2. The van der Waals surface area contributed by atoms with Gasteiger partial charge >= 0.3 is 0 Å². The minimum atomic E-state index is 0.838. The molecule has 0 atom stereocenters. The van der Waals surface area contributed by atoms with E-state index in [0.29, 0.717) is 0 Å². The first kappa shape index (κ1) is 13.2. The van der Waals surface area contributed by atoms with Gasteiger partial charge in [0.25, 0.3) is 0 Å². The maximum atomic E-state index is 6.03. The Hall–Kier alpha value is -1.23. The van der Waals surface area contributed by atoms with Crippen LogP contribution in [0.4, 0.5) is 11.4 Å². The lowest BCUT2D eigenvalue weighted by molar-refractivity contribution is 0.833. The molecule has 0 unspecified atom stereocenters. The van der Waals surface area contributed by atoms with Crippen LogP contribution in [0.1, 0.15) is 12.5 Å². The topological polar surface area (TPSA) is 29.3 Å². The summed E-state index contributed by atoms with van der Waals surface area (Å²) >= 11 is 2.32. The number of anilines is 2. The van der Waals surface area contributed by atoms with Crippen molar-refractivity contribution in [3.8, 4) is 0 Å². The fourth-order valence-electron chi connectivity index (χ4n) is 1.95. The maximum absolute atomic E-state index is 6.03. The quantitative estimate of drug-likeness (QED) is 0.668. The number of halogens is 1. The van der Waals surface area contributed by atoms with E-state index in [-0.39, 0.29) is 0 Å². The third-order valence-electron chi connectivity index (χ3n) is 2.95.